The second-order valence-corrected chi connectivity index (χ2v) is 6.79. The number of hydrogen-bond donors (Lipinski definition) is 2. The van der Waals surface area contributed by atoms with Crippen molar-refractivity contribution in [1.29, 1.82) is 0 Å². The molecule has 2 aromatic rings. The highest BCUT2D eigenvalue weighted by Gasteiger charge is 2.94. The summed E-state index contributed by atoms with van der Waals surface area (Å²) < 4.78 is 198. The van der Waals surface area contributed by atoms with Gasteiger partial charge in [-0.1, -0.05) is 30.3 Å². The van der Waals surface area contributed by atoms with Crippen LogP contribution in [0.25, 0.3) is 11.3 Å². The summed E-state index contributed by atoms with van der Waals surface area (Å²) in [5.74, 6) is -53.3. The van der Waals surface area contributed by atoms with Gasteiger partial charge in [-0.25, -0.2) is 0 Å². The van der Waals surface area contributed by atoms with E-state index >= 15 is 0 Å². The number of amides is 1. The molecule has 36 heavy (non-hydrogen) atoms. The lowest BCUT2D eigenvalue weighted by atomic mass is 9.91. The van der Waals surface area contributed by atoms with Crippen molar-refractivity contribution in [2.24, 2.45) is 0 Å². The summed E-state index contributed by atoms with van der Waals surface area (Å²) in [6, 6.07) is 6.31. The standard InChI is InChI=1S/C16H7F15N4O/c17-10(18,9(36)32-8-7(33-35-34-8)6-4-2-1-3-5-6)11(19,20)12(21,22)13(23,24)14(25,26)15(27,28)16(29,30)31/h1-5H,(H2,32,33,34,35,36). The zero-order valence-corrected chi connectivity index (χ0v) is 16.4. The first kappa shape index (κ1) is 29.0. The molecular formula is C16H7F15N4O. The van der Waals surface area contributed by atoms with Gasteiger partial charge in [0.05, 0.1) is 0 Å². The van der Waals surface area contributed by atoms with Crippen LogP contribution in [-0.2, 0) is 4.79 Å². The number of benzene rings is 1. The minimum atomic E-state index is -8.49. The van der Waals surface area contributed by atoms with Gasteiger partial charge in [-0.2, -0.15) is 76.2 Å². The number of carbonyl (C=O) groups is 1. The predicted octanol–water partition coefficient (Wildman–Crippen LogP) is 5.78. The molecule has 0 atom stereocenters. The number of alkyl halides is 15. The molecular weight excluding hydrogens is 549 g/mol. The first-order valence-corrected chi connectivity index (χ1v) is 8.59. The monoisotopic (exact) mass is 556 g/mol. The molecule has 0 saturated carbocycles. The van der Waals surface area contributed by atoms with Crippen LogP contribution in [-0.4, -0.2) is 63.0 Å². The highest BCUT2D eigenvalue weighted by atomic mass is 19.4. The van der Waals surface area contributed by atoms with Gasteiger partial charge in [0.25, 0.3) is 0 Å². The molecule has 2 N–H and O–H groups in total. The second kappa shape index (κ2) is 8.43. The fourth-order valence-electron chi connectivity index (χ4n) is 2.41. The molecule has 0 aliphatic heterocycles. The van der Waals surface area contributed by atoms with E-state index in [1.807, 2.05) is 0 Å². The number of H-pyrrole nitrogens is 1. The summed E-state index contributed by atoms with van der Waals surface area (Å²) >= 11 is 0. The molecule has 0 aliphatic carbocycles. The topological polar surface area (TPSA) is 70.7 Å². The SMILES string of the molecule is O=C(Nc1n[nH]nc1-c1ccccc1)C(F)(F)C(F)(F)C(F)(F)C(F)(F)C(F)(F)C(F)(F)C(F)(F)F. The number of carbonyl (C=O) groups excluding carboxylic acids is 1. The molecule has 0 spiro atoms. The average Bonchev–Trinajstić information content (AvgIpc) is 3.20. The number of nitrogens with one attached hydrogen (secondary N) is 2. The lowest BCUT2D eigenvalue weighted by Gasteiger charge is -2.41. The lowest BCUT2D eigenvalue weighted by Crippen LogP contribution is -2.73. The molecule has 0 unspecified atom stereocenters. The molecule has 5 nitrogen and oxygen atoms in total. The van der Waals surface area contributed by atoms with E-state index in [0.717, 1.165) is 17.4 Å². The molecule has 202 valence electrons. The second-order valence-electron chi connectivity index (χ2n) is 6.79. The minimum Gasteiger partial charge on any atom is -0.302 e. The first-order chi connectivity index (χ1) is 16.0. The van der Waals surface area contributed by atoms with E-state index in [2.05, 4.69) is 10.2 Å². The molecule has 1 amide bonds. The fraction of sp³-hybridized carbons (Fsp3) is 0.438. The van der Waals surface area contributed by atoms with E-state index in [-0.39, 0.29) is 5.56 Å². The Morgan fingerprint density at radius 1 is 0.639 bits per heavy atom. The van der Waals surface area contributed by atoms with Gasteiger partial charge in [0.15, 0.2) is 5.82 Å². The summed E-state index contributed by atoms with van der Waals surface area (Å²) in [5.41, 5.74) is -0.695. The highest BCUT2D eigenvalue weighted by Crippen LogP contribution is 2.62. The van der Waals surface area contributed by atoms with E-state index < -0.39 is 59.1 Å². The lowest BCUT2D eigenvalue weighted by molar-refractivity contribution is -0.449. The maximum absolute atomic E-state index is 14.0. The summed E-state index contributed by atoms with van der Waals surface area (Å²) in [4.78, 5) is 11.6. The van der Waals surface area contributed by atoms with Crippen molar-refractivity contribution in [2.45, 2.75) is 41.7 Å². The van der Waals surface area contributed by atoms with E-state index in [9.17, 15) is 70.7 Å². The Balaban J connectivity index is 2.49. The Bertz CT molecular complexity index is 1090. The third-order valence-corrected chi connectivity index (χ3v) is 4.44. The van der Waals surface area contributed by atoms with Crippen LogP contribution in [0.1, 0.15) is 0 Å². The van der Waals surface area contributed by atoms with Crippen LogP contribution in [0.5, 0.6) is 0 Å². The third-order valence-electron chi connectivity index (χ3n) is 4.44. The number of aromatic nitrogens is 3. The van der Waals surface area contributed by atoms with E-state index in [0.29, 0.717) is 0 Å². The number of anilines is 1. The van der Waals surface area contributed by atoms with Gasteiger partial charge < -0.3 is 5.32 Å². The molecule has 2 rings (SSSR count). The Hall–Kier alpha value is -3.22. The van der Waals surface area contributed by atoms with Gasteiger partial charge >= 0.3 is 47.6 Å². The average molecular weight is 556 g/mol. The predicted molar refractivity (Wildman–Crippen MR) is 86.2 cm³/mol. The smallest absolute Gasteiger partial charge is 0.302 e. The molecule has 20 heteroatoms. The van der Waals surface area contributed by atoms with Crippen LogP contribution < -0.4 is 5.32 Å². The summed E-state index contributed by atoms with van der Waals surface area (Å²) in [7, 11) is 0. The van der Waals surface area contributed by atoms with E-state index in [1.165, 1.54) is 18.2 Å². The van der Waals surface area contributed by atoms with Gasteiger partial charge in [0.2, 0.25) is 0 Å². The quantitative estimate of drug-likeness (QED) is 0.405. The van der Waals surface area contributed by atoms with Crippen molar-refractivity contribution < 1.29 is 70.7 Å². The normalized spacial score (nSPS) is 14.6. The molecule has 1 aromatic carbocycles. The zero-order valence-electron chi connectivity index (χ0n) is 16.4. The van der Waals surface area contributed by atoms with Gasteiger partial charge in [-0.05, 0) is 0 Å². The Kier molecular flexibility index (Phi) is 6.79. The fourth-order valence-corrected chi connectivity index (χ4v) is 2.41. The highest BCUT2D eigenvalue weighted by molar-refractivity contribution is 5.98. The van der Waals surface area contributed by atoms with Crippen molar-refractivity contribution >= 4 is 11.7 Å². The van der Waals surface area contributed by atoms with Gasteiger partial charge in [-0.15, -0.1) is 5.10 Å². The third kappa shape index (κ3) is 3.98. The number of hydrogen-bond acceptors (Lipinski definition) is 3. The number of nitrogens with zero attached hydrogens (tertiary/aromatic N) is 2. The van der Waals surface area contributed by atoms with Crippen molar-refractivity contribution in [2.75, 3.05) is 5.32 Å². The van der Waals surface area contributed by atoms with Crippen molar-refractivity contribution in [3.8, 4) is 11.3 Å². The molecule has 0 fully saturated rings. The Morgan fingerprint density at radius 2 is 1.08 bits per heavy atom. The van der Waals surface area contributed by atoms with E-state index in [4.69, 9.17) is 0 Å². The van der Waals surface area contributed by atoms with Crippen LogP contribution in [0.4, 0.5) is 71.7 Å². The first-order valence-electron chi connectivity index (χ1n) is 8.59. The zero-order chi connectivity index (χ0) is 28.2. The van der Waals surface area contributed by atoms with Crippen molar-refractivity contribution in [3.63, 3.8) is 0 Å². The molecule has 0 bridgehead atoms. The molecule has 0 saturated heterocycles. The molecule has 0 radical (unpaired) electrons. The number of rotatable bonds is 8. The van der Waals surface area contributed by atoms with Crippen LogP contribution in [0.2, 0.25) is 0 Å². The van der Waals surface area contributed by atoms with Crippen molar-refractivity contribution in [1.82, 2.24) is 15.4 Å². The van der Waals surface area contributed by atoms with Crippen LogP contribution in [0.15, 0.2) is 30.3 Å². The maximum atomic E-state index is 14.0. The molecule has 1 aromatic heterocycles. The maximum Gasteiger partial charge on any atom is 0.460 e. The molecule has 1 heterocycles. The number of aromatic amines is 1. The number of halogens is 15. The van der Waals surface area contributed by atoms with Gasteiger partial charge in [0, 0.05) is 5.56 Å². The van der Waals surface area contributed by atoms with Gasteiger partial charge in [0.1, 0.15) is 5.69 Å². The largest absolute Gasteiger partial charge is 0.460 e. The molecule has 0 aliphatic rings. The Labute approximate surface area is 187 Å². The van der Waals surface area contributed by atoms with Crippen LogP contribution >= 0.6 is 0 Å². The van der Waals surface area contributed by atoms with Crippen molar-refractivity contribution in [3.05, 3.63) is 30.3 Å². The summed E-state index contributed by atoms with van der Waals surface area (Å²) in [6.07, 6.45) is -7.72. The van der Waals surface area contributed by atoms with Crippen LogP contribution in [0, 0.1) is 0 Å². The minimum absolute atomic E-state index is 0.0810. The van der Waals surface area contributed by atoms with Gasteiger partial charge in [-0.3, -0.25) is 4.79 Å². The van der Waals surface area contributed by atoms with Crippen LogP contribution in [0.3, 0.4) is 0 Å². The Morgan fingerprint density at radius 3 is 1.56 bits per heavy atom. The van der Waals surface area contributed by atoms with E-state index in [1.54, 1.807) is 5.21 Å². The summed E-state index contributed by atoms with van der Waals surface area (Å²) in [6.45, 7) is 0. The summed E-state index contributed by atoms with van der Waals surface area (Å²) in [5, 5.41) is 8.80.